The van der Waals surface area contributed by atoms with Gasteiger partial charge in [0.15, 0.2) is 6.10 Å². The molecular weight excluding hydrogens is 447 g/mol. The van der Waals surface area contributed by atoms with E-state index >= 15 is 0 Å². The summed E-state index contributed by atoms with van der Waals surface area (Å²) >= 11 is 0. The number of benzene rings is 1. The predicted molar refractivity (Wildman–Crippen MR) is 122 cm³/mol. The number of pyridine rings is 3. The summed E-state index contributed by atoms with van der Waals surface area (Å²) in [5, 5.41) is 15.9. The monoisotopic (exact) mass is 467 g/mol. The Labute approximate surface area is 192 Å². The molecule has 1 aromatic carbocycles. The van der Waals surface area contributed by atoms with Crippen molar-refractivity contribution in [3.63, 3.8) is 0 Å². The molecule has 0 aliphatic rings. The molecule has 0 spiro atoms. The van der Waals surface area contributed by atoms with E-state index in [0.29, 0.717) is 11.5 Å². The fourth-order valence-electron chi connectivity index (χ4n) is 3.44. The maximum absolute atomic E-state index is 12.8. The molecule has 7 nitrogen and oxygen atoms in total. The summed E-state index contributed by atoms with van der Waals surface area (Å²) in [6.07, 6.45) is -3.06. The van der Waals surface area contributed by atoms with Crippen molar-refractivity contribution in [2.45, 2.75) is 19.2 Å². The van der Waals surface area contributed by atoms with E-state index in [1.54, 1.807) is 31.6 Å². The van der Waals surface area contributed by atoms with Crippen molar-refractivity contribution in [2.75, 3.05) is 17.7 Å². The van der Waals surface area contributed by atoms with Gasteiger partial charge >= 0.3 is 6.18 Å². The Balaban J connectivity index is 1.61. The number of hydrogen-bond acceptors (Lipinski definition) is 6. The van der Waals surface area contributed by atoms with Crippen LogP contribution in [0, 0.1) is 6.92 Å². The second kappa shape index (κ2) is 9.06. The highest BCUT2D eigenvalue weighted by molar-refractivity contribution is 6.03. The highest BCUT2D eigenvalue weighted by atomic mass is 19.4. The summed E-state index contributed by atoms with van der Waals surface area (Å²) in [5.41, 5.74) is 3.06. The molecule has 3 N–H and O–H groups in total. The van der Waals surface area contributed by atoms with Gasteiger partial charge in [0, 0.05) is 48.3 Å². The number of anilines is 2. The number of halogens is 3. The molecule has 4 aromatic rings. The molecule has 0 aliphatic carbocycles. The number of fused-ring (bicyclic) bond motifs is 1. The van der Waals surface area contributed by atoms with E-state index in [9.17, 15) is 23.1 Å². The van der Waals surface area contributed by atoms with Crippen LogP contribution in [0.15, 0.2) is 61.1 Å². The molecule has 0 aliphatic heterocycles. The Morgan fingerprint density at radius 2 is 1.82 bits per heavy atom. The molecule has 10 heteroatoms. The maximum atomic E-state index is 12.8. The first-order valence-corrected chi connectivity index (χ1v) is 10.2. The maximum Gasteiger partial charge on any atom is 0.418 e. The lowest BCUT2D eigenvalue weighted by Crippen LogP contribution is -2.21. The Bertz CT molecular complexity index is 1370. The second-order valence-corrected chi connectivity index (χ2v) is 7.64. The van der Waals surface area contributed by atoms with Crippen LogP contribution >= 0.6 is 0 Å². The number of rotatable bonds is 5. The largest absolute Gasteiger partial charge is 0.418 e. The van der Waals surface area contributed by atoms with E-state index < -0.39 is 23.8 Å². The van der Waals surface area contributed by atoms with Gasteiger partial charge in [-0.3, -0.25) is 14.8 Å². The van der Waals surface area contributed by atoms with E-state index in [4.69, 9.17) is 0 Å². The van der Waals surface area contributed by atoms with Gasteiger partial charge in [-0.15, -0.1) is 0 Å². The van der Waals surface area contributed by atoms with Crippen LogP contribution in [0.3, 0.4) is 0 Å². The van der Waals surface area contributed by atoms with Crippen LogP contribution in [0.5, 0.6) is 0 Å². The molecule has 34 heavy (non-hydrogen) atoms. The first-order chi connectivity index (χ1) is 16.2. The molecule has 3 aromatic heterocycles. The van der Waals surface area contributed by atoms with Crippen LogP contribution < -0.4 is 10.6 Å². The lowest BCUT2D eigenvalue weighted by molar-refractivity contribution is -0.206. The quantitative estimate of drug-likeness (QED) is 0.387. The van der Waals surface area contributed by atoms with Crippen molar-refractivity contribution in [3.8, 4) is 11.1 Å². The van der Waals surface area contributed by atoms with Gasteiger partial charge in [-0.2, -0.15) is 13.2 Å². The van der Waals surface area contributed by atoms with Gasteiger partial charge in [0.05, 0.1) is 5.52 Å². The molecule has 3 heterocycles. The summed E-state index contributed by atoms with van der Waals surface area (Å²) < 4.78 is 38.4. The number of amides is 1. The van der Waals surface area contributed by atoms with Gasteiger partial charge in [0.25, 0.3) is 5.91 Å². The van der Waals surface area contributed by atoms with Gasteiger partial charge in [0.2, 0.25) is 0 Å². The summed E-state index contributed by atoms with van der Waals surface area (Å²) in [4.78, 5) is 25.3. The molecule has 1 amide bonds. The zero-order valence-corrected chi connectivity index (χ0v) is 18.2. The zero-order valence-electron chi connectivity index (χ0n) is 18.2. The van der Waals surface area contributed by atoms with Crippen LogP contribution in [-0.2, 0) is 0 Å². The number of alkyl halides is 3. The number of aliphatic hydroxyl groups excluding tert-OH is 1. The smallest absolute Gasteiger partial charge is 0.379 e. The van der Waals surface area contributed by atoms with E-state index in [0.717, 1.165) is 45.9 Å². The predicted octanol–water partition coefficient (Wildman–Crippen LogP) is 4.89. The molecule has 174 valence electrons. The molecule has 0 bridgehead atoms. The van der Waals surface area contributed by atoms with Crippen molar-refractivity contribution in [1.29, 1.82) is 0 Å². The molecule has 1 atom stereocenters. The Kier molecular flexibility index (Phi) is 6.16. The van der Waals surface area contributed by atoms with Gasteiger partial charge in [0.1, 0.15) is 11.5 Å². The fraction of sp³-hybridized carbons (Fsp3) is 0.167. The fourth-order valence-corrected chi connectivity index (χ4v) is 3.44. The third-order valence-electron chi connectivity index (χ3n) is 5.27. The topological polar surface area (TPSA) is 100 Å². The lowest BCUT2D eigenvalue weighted by Gasteiger charge is -2.15. The highest BCUT2D eigenvalue weighted by Gasteiger charge is 2.39. The number of nitrogens with one attached hydrogen (secondary N) is 2. The second-order valence-electron chi connectivity index (χ2n) is 7.64. The van der Waals surface area contributed by atoms with Gasteiger partial charge in [-0.05, 0) is 53.9 Å². The molecule has 0 fully saturated rings. The third-order valence-corrected chi connectivity index (χ3v) is 5.27. The van der Waals surface area contributed by atoms with E-state index in [1.807, 2.05) is 25.1 Å². The molecule has 0 saturated carbocycles. The van der Waals surface area contributed by atoms with Crippen molar-refractivity contribution >= 4 is 28.3 Å². The minimum Gasteiger partial charge on any atom is -0.379 e. The van der Waals surface area contributed by atoms with Crippen LogP contribution in [0.2, 0.25) is 0 Å². The van der Waals surface area contributed by atoms with E-state index in [1.165, 1.54) is 0 Å². The van der Waals surface area contributed by atoms with Crippen LogP contribution in [0.25, 0.3) is 22.0 Å². The minimum atomic E-state index is -4.85. The first-order valence-electron chi connectivity index (χ1n) is 10.2. The highest BCUT2D eigenvalue weighted by Crippen LogP contribution is 2.33. The van der Waals surface area contributed by atoms with Crippen molar-refractivity contribution in [1.82, 2.24) is 15.0 Å². The number of carbonyl (C=O) groups excluding carboxylic acids is 1. The Hall–Kier alpha value is -4.05. The zero-order chi connectivity index (χ0) is 24.5. The summed E-state index contributed by atoms with van der Waals surface area (Å²) in [5.74, 6) is 0.000491. The number of aryl methyl sites for hydroxylation is 1. The lowest BCUT2D eigenvalue weighted by atomic mass is 10.00. The molecule has 0 radical (unpaired) electrons. The molecule has 0 unspecified atom stereocenters. The van der Waals surface area contributed by atoms with Crippen LogP contribution in [-0.4, -0.2) is 39.2 Å². The SMILES string of the molecule is CNc1cc2ncc(-c3cc(NC(=O)c4cc([C@@H](O)C(F)(F)F)ccn4)ccc3C)cc2cn1. The van der Waals surface area contributed by atoms with E-state index in [2.05, 4.69) is 25.6 Å². The Morgan fingerprint density at radius 1 is 1.03 bits per heavy atom. The molecular formula is C24H20F3N5O2. The normalized spacial score (nSPS) is 12.4. The average Bonchev–Trinajstić information content (AvgIpc) is 2.83. The van der Waals surface area contributed by atoms with Gasteiger partial charge < -0.3 is 15.7 Å². The number of aromatic nitrogens is 3. The third kappa shape index (κ3) is 4.81. The summed E-state index contributed by atoms with van der Waals surface area (Å²) in [7, 11) is 1.77. The molecule has 0 saturated heterocycles. The van der Waals surface area contributed by atoms with Crippen LogP contribution in [0.1, 0.15) is 27.7 Å². The summed E-state index contributed by atoms with van der Waals surface area (Å²) in [6.45, 7) is 1.91. The molecule has 4 rings (SSSR count). The van der Waals surface area contributed by atoms with Crippen molar-refractivity contribution in [3.05, 3.63) is 77.9 Å². The van der Waals surface area contributed by atoms with Crippen LogP contribution in [0.4, 0.5) is 24.7 Å². The minimum absolute atomic E-state index is 0.248. The Morgan fingerprint density at radius 3 is 2.56 bits per heavy atom. The van der Waals surface area contributed by atoms with Crippen molar-refractivity contribution < 1.29 is 23.1 Å². The number of aliphatic hydroxyl groups is 1. The number of hydrogen-bond donors (Lipinski definition) is 3. The van der Waals surface area contributed by atoms with Crippen molar-refractivity contribution in [2.24, 2.45) is 0 Å². The first kappa shape index (κ1) is 23.1. The number of nitrogens with zero attached hydrogens (tertiary/aromatic N) is 3. The number of carbonyl (C=O) groups is 1. The average molecular weight is 467 g/mol. The van der Waals surface area contributed by atoms with Gasteiger partial charge in [-0.25, -0.2) is 4.98 Å². The standard InChI is InChI=1S/C24H20F3N5O2/c1-13-3-4-17(32-23(34)20-8-14(5-6-29-20)22(33)24(25,26)27)9-18(13)15-7-16-12-31-21(28-2)10-19(16)30-11-15/h3-12,22,33H,1-2H3,(H,28,31)(H,32,34)/t22-/m1/s1. The van der Waals surface area contributed by atoms with E-state index in [-0.39, 0.29) is 5.69 Å². The van der Waals surface area contributed by atoms with Gasteiger partial charge in [-0.1, -0.05) is 6.07 Å². The summed E-state index contributed by atoms with van der Waals surface area (Å²) in [6, 6.07) is 10.9.